The maximum absolute atomic E-state index is 13.3. The number of nitrogens with one attached hydrogen (secondary N) is 2. The largest absolute Gasteiger partial charge is 0.334 e. The lowest BCUT2D eigenvalue weighted by Crippen LogP contribution is -2.42. The molecule has 1 aliphatic heterocycles. The van der Waals surface area contributed by atoms with E-state index in [1.54, 1.807) is 35.2 Å². The summed E-state index contributed by atoms with van der Waals surface area (Å²) >= 11 is 0. The summed E-state index contributed by atoms with van der Waals surface area (Å²) < 4.78 is 15.0. The molecule has 3 aromatic carbocycles. The predicted octanol–water partition coefficient (Wildman–Crippen LogP) is 3.46. The van der Waals surface area contributed by atoms with Crippen LogP contribution in [-0.4, -0.2) is 28.8 Å². The van der Waals surface area contributed by atoms with Gasteiger partial charge in [-0.05, 0) is 50.2 Å². The lowest BCUT2D eigenvalue weighted by Gasteiger charge is -2.15. The van der Waals surface area contributed by atoms with E-state index >= 15 is 0 Å². The van der Waals surface area contributed by atoms with Crippen LogP contribution >= 0.6 is 0 Å². The third-order valence-corrected chi connectivity index (χ3v) is 5.31. The number of amides is 2. The van der Waals surface area contributed by atoms with E-state index in [1.165, 1.54) is 12.1 Å². The smallest absolute Gasteiger partial charge is 0.304 e. The molecule has 1 heterocycles. The molecule has 2 N–H and O–H groups in total. The number of hydrogen-bond acceptors (Lipinski definition) is 2. The van der Waals surface area contributed by atoms with Crippen LogP contribution in [0.4, 0.5) is 4.39 Å². The molecular formula is C25H23FN3O2+. The van der Waals surface area contributed by atoms with Gasteiger partial charge in [0.25, 0.3) is 5.91 Å². The lowest BCUT2D eigenvalue weighted by atomic mass is 9.98. The molecule has 3 aromatic rings. The molecule has 5 nitrogen and oxygen atoms in total. The first kappa shape index (κ1) is 20.5. The van der Waals surface area contributed by atoms with Crippen LogP contribution in [0.5, 0.6) is 0 Å². The Hall–Kier alpha value is -3.80. The van der Waals surface area contributed by atoms with Crippen molar-refractivity contribution in [3.05, 3.63) is 106 Å². The van der Waals surface area contributed by atoms with E-state index in [2.05, 4.69) is 10.7 Å². The Bertz CT molecular complexity index is 1140. The molecular weight excluding hydrogens is 393 g/mol. The van der Waals surface area contributed by atoms with Crippen molar-refractivity contribution in [3.8, 4) is 0 Å². The molecule has 2 amide bonds. The normalized spacial score (nSPS) is 19.3. The molecule has 0 radical (unpaired) electrons. The van der Waals surface area contributed by atoms with Gasteiger partial charge in [-0.25, -0.2) is 4.39 Å². The average molecular weight is 416 g/mol. The Morgan fingerprint density at radius 2 is 1.52 bits per heavy atom. The number of aryl methyl sites for hydroxylation is 2. The van der Waals surface area contributed by atoms with E-state index in [-0.39, 0.29) is 17.6 Å². The predicted molar refractivity (Wildman–Crippen MR) is 116 cm³/mol. The van der Waals surface area contributed by atoms with Crippen LogP contribution in [0.1, 0.15) is 38.7 Å². The van der Waals surface area contributed by atoms with Gasteiger partial charge in [-0.15, -0.1) is 10.1 Å². The summed E-state index contributed by atoms with van der Waals surface area (Å²) in [5.41, 5.74) is 7.05. The summed E-state index contributed by atoms with van der Waals surface area (Å²) in [4.78, 5) is 25.7. The second kappa shape index (κ2) is 8.52. The molecule has 0 unspecified atom stereocenters. The van der Waals surface area contributed by atoms with E-state index in [1.807, 2.05) is 50.2 Å². The summed E-state index contributed by atoms with van der Waals surface area (Å²) in [5.74, 6) is -0.966. The number of hydrazone groups is 1. The quantitative estimate of drug-likeness (QED) is 0.640. The third kappa shape index (κ3) is 4.53. The van der Waals surface area contributed by atoms with Gasteiger partial charge in [0.15, 0.2) is 6.04 Å². The molecule has 0 saturated carbocycles. The molecule has 156 valence electrons. The maximum atomic E-state index is 13.3. The summed E-state index contributed by atoms with van der Waals surface area (Å²) in [6.07, 6.45) is 1.74. The van der Waals surface area contributed by atoms with Crippen molar-refractivity contribution in [1.29, 1.82) is 0 Å². The molecule has 4 rings (SSSR count). The molecule has 0 bridgehead atoms. The molecule has 31 heavy (non-hydrogen) atoms. The Morgan fingerprint density at radius 3 is 2.13 bits per heavy atom. The van der Waals surface area contributed by atoms with Crippen LogP contribution in [0.2, 0.25) is 0 Å². The zero-order chi connectivity index (χ0) is 22.0. The standard InChI is InChI=1S/C25H22FN3O2/c1-16-3-9-19(10-4-16)23-22(27-24(30)20-11-5-17(2)6-12-20)25(31)28-29(23)15-18-7-13-21(26)14-8-18/h3-15,22-23H,1-2H3,(H-,27,28,30,31)/p+1/b29-15-/t22-,23-/m0/s1. The van der Waals surface area contributed by atoms with Crippen LogP contribution in [-0.2, 0) is 4.79 Å². The highest BCUT2D eigenvalue weighted by atomic mass is 19.1. The number of carbonyl (C=O) groups is 2. The summed E-state index contributed by atoms with van der Waals surface area (Å²) in [6, 6.07) is 19.7. The highest BCUT2D eigenvalue weighted by Crippen LogP contribution is 2.26. The van der Waals surface area contributed by atoms with Gasteiger partial charge in [-0.3, -0.25) is 9.59 Å². The van der Waals surface area contributed by atoms with E-state index in [0.29, 0.717) is 5.56 Å². The highest BCUT2D eigenvalue weighted by Gasteiger charge is 2.47. The zero-order valence-corrected chi connectivity index (χ0v) is 17.3. The number of nitrogens with zero attached hydrogens (tertiary/aromatic N) is 1. The van der Waals surface area contributed by atoms with Crippen molar-refractivity contribution in [2.45, 2.75) is 25.9 Å². The van der Waals surface area contributed by atoms with Crippen molar-refractivity contribution < 1.29 is 18.7 Å². The Balaban J connectivity index is 1.69. The molecule has 2 atom stereocenters. The monoisotopic (exact) mass is 416 g/mol. The first-order valence-corrected chi connectivity index (χ1v) is 10.0. The number of hydrogen-bond donors (Lipinski definition) is 2. The van der Waals surface area contributed by atoms with Crippen LogP contribution < -0.4 is 10.7 Å². The fourth-order valence-electron chi connectivity index (χ4n) is 3.58. The van der Waals surface area contributed by atoms with Crippen LogP contribution in [0.25, 0.3) is 0 Å². The van der Waals surface area contributed by atoms with Gasteiger partial charge in [-0.2, -0.15) is 0 Å². The van der Waals surface area contributed by atoms with Gasteiger partial charge in [0, 0.05) is 16.7 Å². The Labute approximate surface area is 180 Å². The number of rotatable bonds is 4. The molecule has 6 heteroatoms. The molecule has 1 aliphatic rings. The van der Waals surface area contributed by atoms with E-state index in [4.69, 9.17) is 0 Å². The van der Waals surface area contributed by atoms with Crippen molar-refractivity contribution in [2.24, 2.45) is 0 Å². The minimum Gasteiger partial charge on any atom is -0.334 e. The van der Waals surface area contributed by atoms with Crippen LogP contribution in [0.15, 0.2) is 72.8 Å². The van der Waals surface area contributed by atoms with Gasteiger partial charge in [0.1, 0.15) is 5.82 Å². The van der Waals surface area contributed by atoms with Gasteiger partial charge in [-0.1, -0.05) is 47.5 Å². The average Bonchev–Trinajstić information content (AvgIpc) is 3.05. The Morgan fingerprint density at radius 1 is 0.935 bits per heavy atom. The summed E-state index contributed by atoms with van der Waals surface area (Å²) in [6.45, 7) is 3.93. The molecule has 1 saturated heterocycles. The SMILES string of the molecule is Cc1ccc(C(=O)N[C@@H]2C(=O)N/[N+](=C\c3ccc(F)cc3)[C@H]2c2ccc(C)cc2)cc1. The molecule has 0 aromatic heterocycles. The first-order chi connectivity index (χ1) is 14.9. The highest BCUT2D eigenvalue weighted by molar-refractivity contribution is 5.98. The van der Waals surface area contributed by atoms with E-state index in [0.717, 1.165) is 22.3 Å². The Kier molecular flexibility index (Phi) is 5.62. The van der Waals surface area contributed by atoms with Gasteiger partial charge in [0.05, 0.1) is 0 Å². The van der Waals surface area contributed by atoms with E-state index in [9.17, 15) is 14.0 Å². The third-order valence-electron chi connectivity index (χ3n) is 5.31. The number of hydrazine groups is 1. The van der Waals surface area contributed by atoms with Gasteiger partial charge in [0.2, 0.25) is 12.3 Å². The lowest BCUT2D eigenvalue weighted by molar-refractivity contribution is -0.596. The molecule has 1 fully saturated rings. The first-order valence-electron chi connectivity index (χ1n) is 10.0. The van der Waals surface area contributed by atoms with E-state index < -0.39 is 12.1 Å². The molecule has 0 spiro atoms. The van der Waals surface area contributed by atoms with Crippen molar-refractivity contribution in [1.82, 2.24) is 10.7 Å². The topological polar surface area (TPSA) is 61.2 Å². The van der Waals surface area contributed by atoms with Crippen molar-refractivity contribution in [3.63, 3.8) is 0 Å². The maximum Gasteiger partial charge on any atom is 0.304 e. The fraction of sp³-hybridized carbons (Fsp3) is 0.160. The summed E-state index contributed by atoms with van der Waals surface area (Å²) in [7, 11) is 0. The van der Waals surface area contributed by atoms with Crippen molar-refractivity contribution in [2.75, 3.05) is 0 Å². The number of carbonyl (C=O) groups excluding carboxylic acids is 2. The van der Waals surface area contributed by atoms with Crippen LogP contribution in [0, 0.1) is 19.7 Å². The second-order valence-corrected chi connectivity index (χ2v) is 7.74. The number of halogens is 1. The zero-order valence-electron chi connectivity index (χ0n) is 17.3. The van der Waals surface area contributed by atoms with Crippen LogP contribution in [0.3, 0.4) is 0 Å². The number of benzene rings is 3. The van der Waals surface area contributed by atoms with Gasteiger partial charge < -0.3 is 5.32 Å². The second-order valence-electron chi connectivity index (χ2n) is 7.74. The van der Waals surface area contributed by atoms with Gasteiger partial charge >= 0.3 is 5.91 Å². The minimum atomic E-state index is -0.798. The fourth-order valence-corrected chi connectivity index (χ4v) is 3.58. The molecule has 0 aliphatic carbocycles. The minimum absolute atomic E-state index is 0.315. The summed E-state index contributed by atoms with van der Waals surface area (Å²) in [5, 5.41) is 2.88. The van der Waals surface area contributed by atoms with Crippen molar-refractivity contribution >= 4 is 18.0 Å².